The summed E-state index contributed by atoms with van der Waals surface area (Å²) in [5.41, 5.74) is 0.411. The summed E-state index contributed by atoms with van der Waals surface area (Å²) in [7, 11) is 3.04. The topological polar surface area (TPSA) is 89.1 Å². The van der Waals surface area contributed by atoms with E-state index in [9.17, 15) is 4.79 Å². The fraction of sp³-hybridized carbons (Fsp3) is 0.182. The van der Waals surface area contributed by atoms with Gasteiger partial charge < -0.3 is 14.8 Å². The monoisotopic (exact) mass is 248 g/mol. The molecule has 94 valence electrons. The first-order valence-corrected chi connectivity index (χ1v) is 5.13. The van der Waals surface area contributed by atoms with Crippen molar-refractivity contribution in [2.24, 2.45) is 0 Å². The molecule has 1 aromatic carbocycles. The summed E-state index contributed by atoms with van der Waals surface area (Å²) in [6.07, 6.45) is 1.41. The number of carbonyl (C=O) groups is 1. The molecule has 0 saturated carbocycles. The van der Waals surface area contributed by atoms with Crippen LogP contribution in [0.1, 0.15) is 10.4 Å². The van der Waals surface area contributed by atoms with Crippen molar-refractivity contribution in [1.29, 1.82) is 0 Å². The SMILES string of the molecule is COc1cc(OC)cc(C(=O)Nc2cn[nH]n2)c1. The zero-order chi connectivity index (χ0) is 13.0. The Balaban J connectivity index is 2.23. The molecule has 0 radical (unpaired) electrons. The van der Waals surface area contributed by atoms with Crippen molar-refractivity contribution in [3.63, 3.8) is 0 Å². The number of methoxy groups -OCH3 is 2. The molecule has 2 N–H and O–H groups in total. The molecule has 0 saturated heterocycles. The maximum atomic E-state index is 11.9. The molecule has 0 spiro atoms. The van der Waals surface area contributed by atoms with E-state index in [1.807, 2.05) is 0 Å². The molecule has 0 atom stereocenters. The highest BCUT2D eigenvalue weighted by molar-refractivity contribution is 6.04. The van der Waals surface area contributed by atoms with Gasteiger partial charge in [0.25, 0.3) is 5.91 Å². The van der Waals surface area contributed by atoms with Gasteiger partial charge in [0, 0.05) is 11.6 Å². The maximum Gasteiger partial charge on any atom is 0.257 e. The normalized spacial score (nSPS) is 9.89. The number of ether oxygens (including phenoxy) is 2. The first-order valence-electron chi connectivity index (χ1n) is 5.13. The summed E-state index contributed by atoms with van der Waals surface area (Å²) in [4.78, 5) is 11.9. The highest BCUT2D eigenvalue weighted by atomic mass is 16.5. The minimum atomic E-state index is -0.318. The predicted octanol–water partition coefficient (Wildman–Crippen LogP) is 1.07. The number of anilines is 1. The summed E-state index contributed by atoms with van der Waals surface area (Å²) in [5.74, 6) is 1.11. The van der Waals surface area contributed by atoms with E-state index in [1.54, 1.807) is 18.2 Å². The maximum absolute atomic E-state index is 11.9. The largest absolute Gasteiger partial charge is 0.497 e. The molecule has 0 aliphatic heterocycles. The molecule has 2 aromatic rings. The molecule has 0 unspecified atom stereocenters. The summed E-state index contributed by atoms with van der Waals surface area (Å²) in [5, 5.41) is 12.3. The van der Waals surface area contributed by atoms with E-state index in [-0.39, 0.29) is 5.91 Å². The molecular weight excluding hydrogens is 236 g/mol. The van der Waals surface area contributed by atoms with Gasteiger partial charge in [-0.15, -0.1) is 5.10 Å². The number of rotatable bonds is 4. The van der Waals surface area contributed by atoms with Crippen molar-refractivity contribution < 1.29 is 14.3 Å². The van der Waals surface area contributed by atoms with E-state index in [0.717, 1.165) is 0 Å². The summed E-state index contributed by atoms with van der Waals surface area (Å²) in [6, 6.07) is 4.91. The van der Waals surface area contributed by atoms with Gasteiger partial charge in [-0.1, -0.05) is 0 Å². The van der Waals surface area contributed by atoms with Gasteiger partial charge in [-0.2, -0.15) is 10.3 Å². The van der Waals surface area contributed by atoms with Crippen LogP contribution in [-0.4, -0.2) is 35.5 Å². The minimum absolute atomic E-state index is 0.318. The molecule has 0 fully saturated rings. The van der Waals surface area contributed by atoms with Gasteiger partial charge >= 0.3 is 0 Å². The summed E-state index contributed by atoms with van der Waals surface area (Å²) < 4.78 is 10.2. The average Bonchev–Trinajstić information content (AvgIpc) is 2.90. The van der Waals surface area contributed by atoms with Crippen LogP contribution in [0.2, 0.25) is 0 Å². The molecule has 1 amide bonds. The standard InChI is InChI=1S/C11H12N4O3/c1-17-8-3-7(4-9(5-8)18-2)11(16)13-10-6-12-15-14-10/h3-6H,1-2H3,(H2,12,13,14,15,16). The first-order chi connectivity index (χ1) is 8.72. The number of amides is 1. The Morgan fingerprint density at radius 1 is 1.22 bits per heavy atom. The molecule has 7 heteroatoms. The lowest BCUT2D eigenvalue weighted by molar-refractivity contribution is 0.102. The van der Waals surface area contributed by atoms with Gasteiger partial charge in [-0.25, -0.2) is 0 Å². The van der Waals surface area contributed by atoms with Crippen molar-refractivity contribution in [3.05, 3.63) is 30.0 Å². The quantitative estimate of drug-likeness (QED) is 0.844. The van der Waals surface area contributed by atoms with Gasteiger partial charge in [0.15, 0.2) is 5.82 Å². The van der Waals surface area contributed by atoms with Crippen molar-refractivity contribution >= 4 is 11.7 Å². The number of benzene rings is 1. The second-order valence-electron chi connectivity index (χ2n) is 3.41. The third kappa shape index (κ3) is 2.57. The Kier molecular flexibility index (Phi) is 3.42. The number of aromatic amines is 1. The molecule has 2 rings (SSSR count). The molecule has 0 aliphatic carbocycles. The Morgan fingerprint density at radius 2 is 1.89 bits per heavy atom. The smallest absolute Gasteiger partial charge is 0.257 e. The Labute approximate surface area is 103 Å². The second kappa shape index (κ2) is 5.17. The van der Waals surface area contributed by atoms with E-state index in [4.69, 9.17) is 9.47 Å². The van der Waals surface area contributed by atoms with Gasteiger partial charge in [0.2, 0.25) is 0 Å². The molecule has 0 bridgehead atoms. The van der Waals surface area contributed by atoms with Crippen LogP contribution in [-0.2, 0) is 0 Å². The predicted molar refractivity (Wildman–Crippen MR) is 63.9 cm³/mol. The zero-order valence-electron chi connectivity index (χ0n) is 9.93. The van der Waals surface area contributed by atoms with Crippen LogP contribution in [0, 0.1) is 0 Å². The Bertz CT molecular complexity index is 517. The van der Waals surface area contributed by atoms with E-state index in [2.05, 4.69) is 20.7 Å². The molecule has 18 heavy (non-hydrogen) atoms. The Morgan fingerprint density at radius 3 is 2.39 bits per heavy atom. The fourth-order valence-electron chi connectivity index (χ4n) is 1.39. The van der Waals surface area contributed by atoms with Crippen LogP contribution in [0.4, 0.5) is 5.82 Å². The van der Waals surface area contributed by atoms with Crippen LogP contribution in [0.3, 0.4) is 0 Å². The van der Waals surface area contributed by atoms with Gasteiger partial charge in [-0.05, 0) is 12.1 Å². The number of aromatic nitrogens is 3. The van der Waals surface area contributed by atoms with Gasteiger partial charge in [-0.3, -0.25) is 4.79 Å². The van der Waals surface area contributed by atoms with E-state index < -0.39 is 0 Å². The minimum Gasteiger partial charge on any atom is -0.497 e. The van der Waals surface area contributed by atoms with E-state index >= 15 is 0 Å². The highest BCUT2D eigenvalue weighted by Crippen LogP contribution is 2.22. The van der Waals surface area contributed by atoms with Gasteiger partial charge in [0.1, 0.15) is 11.5 Å². The van der Waals surface area contributed by atoms with Crippen molar-refractivity contribution in [1.82, 2.24) is 15.4 Å². The number of carbonyl (C=O) groups excluding carboxylic acids is 1. The molecular formula is C11H12N4O3. The van der Waals surface area contributed by atoms with E-state index in [0.29, 0.717) is 22.9 Å². The average molecular weight is 248 g/mol. The van der Waals surface area contributed by atoms with Gasteiger partial charge in [0.05, 0.1) is 20.4 Å². The molecule has 7 nitrogen and oxygen atoms in total. The molecule has 1 aromatic heterocycles. The number of H-pyrrole nitrogens is 1. The second-order valence-corrected chi connectivity index (χ2v) is 3.41. The first kappa shape index (κ1) is 11.9. The lowest BCUT2D eigenvalue weighted by Crippen LogP contribution is -2.12. The molecule has 1 heterocycles. The van der Waals surface area contributed by atoms with Crippen molar-refractivity contribution in [2.75, 3.05) is 19.5 Å². The Hall–Kier alpha value is -2.57. The number of nitrogens with zero attached hydrogens (tertiary/aromatic N) is 2. The van der Waals surface area contributed by atoms with Crippen LogP contribution in [0.5, 0.6) is 11.5 Å². The van der Waals surface area contributed by atoms with Crippen molar-refractivity contribution in [3.8, 4) is 11.5 Å². The third-order valence-electron chi connectivity index (χ3n) is 2.27. The molecule has 0 aliphatic rings. The summed E-state index contributed by atoms with van der Waals surface area (Å²) in [6.45, 7) is 0. The van der Waals surface area contributed by atoms with Crippen LogP contribution in [0.25, 0.3) is 0 Å². The number of nitrogens with one attached hydrogen (secondary N) is 2. The number of hydrogen-bond donors (Lipinski definition) is 2. The van der Waals surface area contributed by atoms with Crippen LogP contribution >= 0.6 is 0 Å². The van der Waals surface area contributed by atoms with Crippen LogP contribution < -0.4 is 14.8 Å². The third-order valence-corrected chi connectivity index (χ3v) is 2.27. The lowest BCUT2D eigenvalue weighted by atomic mass is 10.2. The fourth-order valence-corrected chi connectivity index (χ4v) is 1.39. The van der Waals surface area contributed by atoms with Crippen molar-refractivity contribution in [2.45, 2.75) is 0 Å². The van der Waals surface area contributed by atoms with Crippen LogP contribution in [0.15, 0.2) is 24.4 Å². The highest BCUT2D eigenvalue weighted by Gasteiger charge is 2.11. The lowest BCUT2D eigenvalue weighted by Gasteiger charge is -2.07. The summed E-state index contributed by atoms with van der Waals surface area (Å²) >= 11 is 0. The zero-order valence-corrected chi connectivity index (χ0v) is 9.93. The van der Waals surface area contributed by atoms with E-state index in [1.165, 1.54) is 20.4 Å². The number of hydrogen-bond acceptors (Lipinski definition) is 5.